The summed E-state index contributed by atoms with van der Waals surface area (Å²) in [6, 6.07) is 5.74. The first-order valence-electron chi connectivity index (χ1n) is 5.83. The summed E-state index contributed by atoms with van der Waals surface area (Å²) in [5, 5.41) is 6.70. The van der Waals surface area contributed by atoms with Gasteiger partial charge >= 0.3 is 0 Å². The van der Waals surface area contributed by atoms with Crippen LogP contribution in [-0.4, -0.2) is 15.7 Å². The largest absolute Gasteiger partial charge is 0.383 e. The number of halogens is 1. The van der Waals surface area contributed by atoms with E-state index in [4.69, 9.17) is 5.73 Å². The predicted octanol–water partition coefficient (Wildman–Crippen LogP) is 1.63. The molecule has 1 atom stereocenters. The van der Waals surface area contributed by atoms with Crippen molar-refractivity contribution in [2.75, 3.05) is 5.73 Å². The Morgan fingerprint density at radius 3 is 2.58 bits per heavy atom. The minimum Gasteiger partial charge on any atom is -0.383 e. The molecular weight excluding hydrogens is 247 g/mol. The standard InChI is InChI=1S/C13H15FN4O/c1-8(9-3-5-10(14)6-4-9)17-13(19)11-7-16-18(2)12(11)15/h3-8H,15H2,1-2H3,(H,17,19). The zero-order valence-electron chi connectivity index (χ0n) is 10.7. The highest BCUT2D eigenvalue weighted by Crippen LogP contribution is 2.15. The molecule has 0 radical (unpaired) electrons. The first-order chi connectivity index (χ1) is 8.99. The van der Waals surface area contributed by atoms with E-state index in [9.17, 15) is 9.18 Å². The van der Waals surface area contributed by atoms with E-state index in [2.05, 4.69) is 10.4 Å². The number of hydrogen-bond donors (Lipinski definition) is 2. The Hall–Kier alpha value is -2.37. The van der Waals surface area contributed by atoms with Crippen molar-refractivity contribution in [2.45, 2.75) is 13.0 Å². The van der Waals surface area contributed by atoms with Gasteiger partial charge in [-0.15, -0.1) is 0 Å². The van der Waals surface area contributed by atoms with Crippen LogP contribution >= 0.6 is 0 Å². The van der Waals surface area contributed by atoms with Crippen LogP contribution in [0.1, 0.15) is 28.9 Å². The molecule has 0 bridgehead atoms. The molecule has 0 saturated carbocycles. The van der Waals surface area contributed by atoms with Crippen LogP contribution in [0.25, 0.3) is 0 Å². The van der Waals surface area contributed by atoms with Gasteiger partial charge in [-0.2, -0.15) is 5.10 Å². The van der Waals surface area contributed by atoms with Gasteiger partial charge < -0.3 is 11.1 Å². The maximum atomic E-state index is 12.8. The Labute approximate surface area is 110 Å². The molecule has 0 spiro atoms. The molecule has 1 aromatic heterocycles. The van der Waals surface area contributed by atoms with Crippen molar-refractivity contribution in [1.29, 1.82) is 0 Å². The molecule has 0 saturated heterocycles. The van der Waals surface area contributed by atoms with Crippen molar-refractivity contribution in [3.8, 4) is 0 Å². The summed E-state index contributed by atoms with van der Waals surface area (Å²) in [7, 11) is 1.66. The normalized spacial score (nSPS) is 12.2. The van der Waals surface area contributed by atoms with E-state index >= 15 is 0 Å². The van der Waals surface area contributed by atoms with Gasteiger partial charge in [0.05, 0.1) is 12.2 Å². The van der Waals surface area contributed by atoms with Gasteiger partial charge in [-0.25, -0.2) is 4.39 Å². The Balaban J connectivity index is 2.10. The fourth-order valence-electron chi connectivity index (χ4n) is 1.73. The fraction of sp³-hybridized carbons (Fsp3) is 0.231. The Kier molecular flexibility index (Phi) is 3.50. The lowest BCUT2D eigenvalue weighted by molar-refractivity contribution is 0.0941. The van der Waals surface area contributed by atoms with Crippen LogP contribution in [0.2, 0.25) is 0 Å². The van der Waals surface area contributed by atoms with Crippen molar-refractivity contribution in [3.63, 3.8) is 0 Å². The molecule has 19 heavy (non-hydrogen) atoms. The topological polar surface area (TPSA) is 72.9 Å². The van der Waals surface area contributed by atoms with E-state index in [1.54, 1.807) is 19.2 Å². The highest BCUT2D eigenvalue weighted by Gasteiger charge is 2.16. The van der Waals surface area contributed by atoms with Crippen LogP contribution in [0.4, 0.5) is 10.2 Å². The summed E-state index contributed by atoms with van der Waals surface area (Å²) in [6.07, 6.45) is 1.42. The van der Waals surface area contributed by atoms with Gasteiger partial charge in [0, 0.05) is 7.05 Å². The number of carbonyl (C=O) groups excluding carboxylic acids is 1. The zero-order chi connectivity index (χ0) is 14.0. The average Bonchev–Trinajstić information content (AvgIpc) is 2.70. The van der Waals surface area contributed by atoms with E-state index in [-0.39, 0.29) is 17.8 Å². The number of nitrogens with one attached hydrogen (secondary N) is 1. The molecule has 6 heteroatoms. The van der Waals surface area contributed by atoms with E-state index in [0.29, 0.717) is 11.4 Å². The second-order valence-electron chi connectivity index (χ2n) is 4.31. The van der Waals surface area contributed by atoms with Gasteiger partial charge in [0.1, 0.15) is 17.2 Å². The molecule has 2 rings (SSSR count). The van der Waals surface area contributed by atoms with Crippen LogP contribution in [0.15, 0.2) is 30.5 Å². The highest BCUT2D eigenvalue weighted by molar-refractivity contribution is 5.98. The summed E-state index contributed by atoms with van der Waals surface area (Å²) in [5.41, 5.74) is 6.87. The van der Waals surface area contributed by atoms with Gasteiger partial charge in [-0.3, -0.25) is 9.48 Å². The van der Waals surface area contributed by atoms with Gasteiger partial charge in [0.15, 0.2) is 0 Å². The number of rotatable bonds is 3. The summed E-state index contributed by atoms with van der Waals surface area (Å²) >= 11 is 0. The molecule has 0 aliphatic carbocycles. The number of hydrogen-bond acceptors (Lipinski definition) is 3. The molecule has 2 aromatic rings. The molecule has 5 nitrogen and oxygen atoms in total. The molecule has 1 heterocycles. The van der Waals surface area contributed by atoms with Crippen LogP contribution in [0.5, 0.6) is 0 Å². The van der Waals surface area contributed by atoms with E-state index in [1.165, 1.54) is 23.0 Å². The molecule has 0 fully saturated rings. The first-order valence-corrected chi connectivity index (χ1v) is 5.83. The molecule has 0 aliphatic heterocycles. The third-order valence-corrected chi connectivity index (χ3v) is 2.95. The van der Waals surface area contributed by atoms with Crippen LogP contribution in [0, 0.1) is 5.82 Å². The third-order valence-electron chi connectivity index (χ3n) is 2.95. The number of amides is 1. The molecule has 0 aliphatic rings. The number of nitrogens with two attached hydrogens (primary N) is 1. The maximum Gasteiger partial charge on any atom is 0.257 e. The number of nitrogens with zero attached hydrogens (tertiary/aromatic N) is 2. The summed E-state index contributed by atoms with van der Waals surface area (Å²) in [5.74, 6) is -0.301. The van der Waals surface area contributed by atoms with E-state index < -0.39 is 0 Å². The summed E-state index contributed by atoms with van der Waals surface area (Å²) < 4.78 is 14.2. The van der Waals surface area contributed by atoms with Crippen molar-refractivity contribution < 1.29 is 9.18 Å². The number of aromatic nitrogens is 2. The lowest BCUT2D eigenvalue weighted by Gasteiger charge is -2.14. The SMILES string of the molecule is CC(NC(=O)c1cnn(C)c1N)c1ccc(F)cc1. The number of benzene rings is 1. The molecule has 1 amide bonds. The Bertz CT molecular complexity index is 591. The third kappa shape index (κ3) is 2.73. The molecule has 1 unspecified atom stereocenters. The predicted molar refractivity (Wildman–Crippen MR) is 69.9 cm³/mol. The zero-order valence-corrected chi connectivity index (χ0v) is 10.7. The van der Waals surface area contributed by atoms with Crippen LogP contribution in [0.3, 0.4) is 0 Å². The highest BCUT2D eigenvalue weighted by atomic mass is 19.1. The molecule has 3 N–H and O–H groups in total. The Morgan fingerprint density at radius 2 is 2.05 bits per heavy atom. The van der Waals surface area contributed by atoms with Crippen molar-refractivity contribution in [1.82, 2.24) is 15.1 Å². The van der Waals surface area contributed by atoms with Gasteiger partial charge in [0.25, 0.3) is 5.91 Å². The minimum atomic E-state index is -0.307. The molecular formula is C13H15FN4O. The van der Waals surface area contributed by atoms with Crippen molar-refractivity contribution in [3.05, 3.63) is 47.4 Å². The lowest BCUT2D eigenvalue weighted by atomic mass is 10.1. The van der Waals surface area contributed by atoms with Gasteiger partial charge in [-0.1, -0.05) is 12.1 Å². The Morgan fingerprint density at radius 1 is 1.42 bits per heavy atom. The van der Waals surface area contributed by atoms with Crippen molar-refractivity contribution >= 4 is 11.7 Å². The van der Waals surface area contributed by atoms with Crippen molar-refractivity contribution in [2.24, 2.45) is 7.05 Å². The quantitative estimate of drug-likeness (QED) is 0.883. The number of aryl methyl sites for hydroxylation is 1. The smallest absolute Gasteiger partial charge is 0.257 e. The average molecular weight is 262 g/mol. The minimum absolute atomic E-state index is 0.243. The van der Waals surface area contributed by atoms with Gasteiger partial charge in [0.2, 0.25) is 0 Å². The van der Waals surface area contributed by atoms with Gasteiger partial charge in [-0.05, 0) is 24.6 Å². The maximum absolute atomic E-state index is 12.8. The van der Waals surface area contributed by atoms with E-state index in [0.717, 1.165) is 5.56 Å². The molecule has 1 aromatic carbocycles. The number of carbonyl (C=O) groups is 1. The summed E-state index contributed by atoms with van der Waals surface area (Å²) in [6.45, 7) is 1.82. The monoisotopic (exact) mass is 262 g/mol. The number of nitrogen functional groups attached to an aromatic ring is 1. The fourth-order valence-corrected chi connectivity index (χ4v) is 1.73. The number of anilines is 1. The van der Waals surface area contributed by atoms with Crippen LogP contribution in [-0.2, 0) is 7.05 Å². The van der Waals surface area contributed by atoms with E-state index in [1.807, 2.05) is 6.92 Å². The van der Waals surface area contributed by atoms with Crippen LogP contribution < -0.4 is 11.1 Å². The molecule has 100 valence electrons. The second-order valence-corrected chi connectivity index (χ2v) is 4.31. The summed E-state index contributed by atoms with van der Waals surface area (Å²) in [4.78, 5) is 12.0. The second kappa shape index (κ2) is 5.09. The lowest BCUT2D eigenvalue weighted by Crippen LogP contribution is -2.27. The first kappa shape index (κ1) is 13.1.